The number of likely N-dealkylation sites (tertiary alicyclic amines) is 1. The molecule has 1 saturated carbocycles. The van der Waals surface area contributed by atoms with E-state index in [9.17, 15) is 9.59 Å². The minimum atomic E-state index is -0.541. The molecular formula is C11H18N2O3. The van der Waals surface area contributed by atoms with Gasteiger partial charge in [0.25, 0.3) is 0 Å². The second-order valence-corrected chi connectivity index (χ2v) is 4.77. The van der Waals surface area contributed by atoms with E-state index in [1.54, 1.807) is 6.92 Å². The number of aliphatic hydroxyl groups is 1. The van der Waals surface area contributed by atoms with Gasteiger partial charge in [-0.15, -0.1) is 0 Å². The van der Waals surface area contributed by atoms with Crippen molar-refractivity contribution in [3.63, 3.8) is 0 Å². The molecule has 0 spiro atoms. The maximum Gasteiger partial charge on any atom is 0.225 e. The van der Waals surface area contributed by atoms with Crippen LogP contribution in [-0.2, 0) is 9.59 Å². The van der Waals surface area contributed by atoms with Crippen molar-refractivity contribution in [2.24, 2.45) is 5.92 Å². The van der Waals surface area contributed by atoms with Gasteiger partial charge < -0.3 is 15.3 Å². The summed E-state index contributed by atoms with van der Waals surface area (Å²) in [6.45, 7) is 2.43. The molecule has 90 valence electrons. The number of rotatable bonds is 4. The van der Waals surface area contributed by atoms with Crippen LogP contribution in [0.15, 0.2) is 0 Å². The summed E-state index contributed by atoms with van der Waals surface area (Å²) >= 11 is 0. The number of hydrogen-bond acceptors (Lipinski definition) is 3. The Morgan fingerprint density at radius 2 is 2.31 bits per heavy atom. The minimum absolute atomic E-state index is 0.0969. The maximum absolute atomic E-state index is 11.7. The molecule has 2 fully saturated rings. The smallest absolute Gasteiger partial charge is 0.225 e. The first kappa shape index (κ1) is 11.4. The molecule has 1 heterocycles. The van der Waals surface area contributed by atoms with Crippen LogP contribution in [0.5, 0.6) is 0 Å². The number of carbonyl (C=O) groups excluding carboxylic acids is 2. The van der Waals surface area contributed by atoms with Gasteiger partial charge in [0, 0.05) is 25.6 Å². The van der Waals surface area contributed by atoms with Gasteiger partial charge in [-0.1, -0.05) is 0 Å². The number of nitrogens with zero attached hydrogens (tertiary/aromatic N) is 1. The first-order chi connectivity index (χ1) is 7.58. The highest BCUT2D eigenvalue weighted by molar-refractivity contribution is 5.89. The lowest BCUT2D eigenvalue weighted by Crippen LogP contribution is -2.37. The number of amides is 2. The first-order valence-electron chi connectivity index (χ1n) is 5.83. The molecule has 1 unspecified atom stereocenters. The highest BCUT2D eigenvalue weighted by Gasteiger charge is 2.41. The predicted octanol–water partition coefficient (Wildman–Crippen LogP) is -0.506. The lowest BCUT2D eigenvalue weighted by atomic mass is 10.1. The largest absolute Gasteiger partial charge is 0.392 e. The third kappa shape index (κ3) is 2.52. The van der Waals surface area contributed by atoms with E-state index in [0.717, 1.165) is 12.8 Å². The first-order valence-corrected chi connectivity index (χ1v) is 5.83. The van der Waals surface area contributed by atoms with E-state index in [-0.39, 0.29) is 24.3 Å². The monoisotopic (exact) mass is 226 g/mol. The Kier molecular flexibility index (Phi) is 3.14. The molecule has 1 saturated heterocycles. The Balaban J connectivity index is 1.82. The second kappa shape index (κ2) is 4.41. The van der Waals surface area contributed by atoms with Crippen LogP contribution < -0.4 is 5.32 Å². The van der Waals surface area contributed by atoms with Crippen LogP contribution in [-0.4, -0.2) is 47.1 Å². The standard InChI is InChI=1S/C11H18N2O3/c1-7(14)5-12-11(16)8-4-10(15)13(6-8)9-2-3-9/h7-9,14H,2-6H2,1H3,(H,12,16)/t7-,8?/m0/s1. The van der Waals surface area contributed by atoms with Gasteiger partial charge in [-0.3, -0.25) is 9.59 Å². The molecule has 5 nitrogen and oxygen atoms in total. The molecule has 0 aromatic heterocycles. The number of aliphatic hydroxyl groups excluding tert-OH is 1. The summed E-state index contributed by atoms with van der Waals surface area (Å²) in [5.41, 5.74) is 0. The van der Waals surface area contributed by atoms with Gasteiger partial charge in [0.1, 0.15) is 0 Å². The fraction of sp³-hybridized carbons (Fsp3) is 0.818. The van der Waals surface area contributed by atoms with Crippen molar-refractivity contribution in [1.82, 2.24) is 10.2 Å². The van der Waals surface area contributed by atoms with Crippen LogP contribution in [0.4, 0.5) is 0 Å². The van der Waals surface area contributed by atoms with Crippen molar-refractivity contribution in [2.75, 3.05) is 13.1 Å². The third-order valence-electron chi connectivity index (χ3n) is 3.09. The Labute approximate surface area is 94.8 Å². The lowest BCUT2D eigenvalue weighted by molar-refractivity contribution is -0.129. The number of hydrogen-bond donors (Lipinski definition) is 2. The van der Waals surface area contributed by atoms with Crippen molar-refractivity contribution in [1.29, 1.82) is 0 Å². The zero-order valence-electron chi connectivity index (χ0n) is 9.48. The van der Waals surface area contributed by atoms with Gasteiger partial charge >= 0.3 is 0 Å². The minimum Gasteiger partial charge on any atom is -0.392 e. The summed E-state index contributed by atoms with van der Waals surface area (Å²) in [7, 11) is 0. The molecule has 2 aliphatic rings. The van der Waals surface area contributed by atoms with Gasteiger partial charge in [0.2, 0.25) is 11.8 Å². The molecule has 2 N–H and O–H groups in total. The van der Waals surface area contributed by atoms with Crippen LogP contribution in [0, 0.1) is 5.92 Å². The molecular weight excluding hydrogens is 208 g/mol. The molecule has 1 aliphatic carbocycles. The molecule has 16 heavy (non-hydrogen) atoms. The van der Waals surface area contributed by atoms with E-state index in [1.165, 1.54) is 0 Å². The average molecular weight is 226 g/mol. The lowest BCUT2D eigenvalue weighted by Gasteiger charge is -2.15. The SMILES string of the molecule is C[C@H](O)CNC(=O)C1CC(=O)N(C2CC2)C1. The van der Waals surface area contributed by atoms with Crippen LogP contribution >= 0.6 is 0 Å². The summed E-state index contributed by atoms with van der Waals surface area (Å²) in [5.74, 6) is -0.246. The molecule has 2 rings (SSSR count). The summed E-state index contributed by atoms with van der Waals surface area (Å²) < 4.78 is 0. The molecule has 0 aromatic rings. The summed E-state index contributed by atoms with van der Waals surface area (Å²) in [5, 5.41) is 11.7. The van der Waals surface area contributed by atoms with E-state index in [1.807, 2.05) is 4.90 Å². The summed E-state index contributed by atoms with van der Waals surface area (Å²) in [4.78, 5) is 25.1. The quantitative estimate of drug-likeness (QED) is 0.678. The fourth-order valence-corrected chi connectivity index (χ4v) is 2.04. The van der Waals surface area contributed by atoms with E-state index in [4.69, 9.17) is 5.11 Å². The highest BCUT2D eigenvalue weighted by atomic mass is 16.3. The van der Waals surface area contributed by atoms with Crippen LogP contribution in [0.1, 0.15) is 26.2 Å². The normalized spacial score (nSPS) is 27.0. The number of nitrogens with one attached hydrogen (secondary N) is 1. The Morgan fingerprint density at radius 1 is 1.62 bits per heavy atom. The van der Waals surface area contributed by atoms with Gasteiger partial charge in [0.05, 0.1) is 12.0 Å². The highest BCUT2D eigenvalue weighted by Crippen LogP contribution is 2.32. The van der Waals surface area contributed by atoms with E-state index >= 15 is 0 Å². The predicted molar refractivity (Wildman–Crippen MR) is 57.5 cm³/mol. The van der Waals surface area contributed by atoms with Crippen molar-refractivity contribution >= 4 is 11.8 Å². The van der Waals surface area contributed by atoms with Crippen molar-refractivity contribution in [3.8, 4) is 0 Å². The zero-order chi connectivity index (χ0) is 11.7. The topological polar surface area (TPSA) is 69.6 Å². The van der Waals surface area contributed by atoms with Crippen LogP contribution in [0.2, 0.25) is 0 Å². The van der Waals surface area contributed by atoms with Gasteiger partial charge in [-0.05, 0) is 19.8 Å². The van der Waals surface area contributed by atoms with Crippen molar-refractivity contribution < 1.29 is 14.7 Å². The Morgan fingerprint density at radius 3 is 2.88 bits per heavy atom. The van der Waals surface area contributed by atoms with Gasteiger partial charge in [0.15, 0.2) is 0 Å². The van der Waals surface area contributed by atoms with E-state index in [2.05, 4.69) is 5.32 Å². The molecule has 0 bridgehead atoms. The number of carbonyl (C=O) groups is 2. The Bertz CT molecular complexity index is 300. The van der Waals surface area contributed by atoms with Gasteiger partial charge in [-0.2, -0.15) is 0 Å². The third-order valence-corrected chi connectivity index (χ3v) is 3.09. The summed E-state index contributed by atoms with van der Waals surface area (Å²) in [6.07, 6.45) is 1.93. The summed E-state index contributed by atoms with van der Waals surface area (Å²) in [6, 6.07) is 0.391. The molecule has 2 atom stereocenters. The van der Waals surface area contributed by atoms with Crippen molar-refractivity contribution in [3.05, 3.63) is 0 Å². The molecule has 5 heteroatoms. The van der Waals surface area contributed by atoms with Crippen molar-refractivity contribution in [2.45, 2.75) is 38.3 Å². The molecule has 1 aliphatic heterocycles. The van der Waals surface area contributed by atoms with E-state index in [0.29, 0.717) is 19.0 Å². The van der Waals surface area contributed by atoms with Gasteiger partial charge in [-0.25, -0.2) is 0 Å². The zero-order valence-corrected chi connectivity index (χ0v) is 9.48. The fourth-order valence-electron chi connectivity index (χ4n) is 2.04. The van der Waals surface area contributed by atoms with Crippen LogP contribution in [0.25, 0.3) is 0 Å². The average Bonchev–Trinajstić information content (AvgIpc) is 2.99. The maximum atomic E-state index is 11.7. The second-order valence-electron chi connectivity index (χ2n) is 4.77. The Hall–Kier alpha value is -1.10. The van der Waals surface area contributed by atoms with E-state index < -0.39 is 6.10 Å². The molecule has 0 radical (unpaired) electrons. The molecule has 0 aromatic carbocycles. The molecule has 2 amide bonds. The van der Waals surface area contributed by atoms with Crippen LogP contribution in [0.3, 0.4) is 0 Å².